The van der Waals surface area contributed by atoms with Crippen LogP contribution in [-0.4, -0.2) is 54.9 Å². The molecule has 0 saturated carbocycles. The molecule has 1 aliphatic heterocycles. The summed E-state index contributed by atoms with van der Waals surface area (Å²) in [5.41, 5.74) is 3.17. The Morgan fingerprint density at radius 1 is 1.04 bits per heavy atom. The van der Waals surface area contributed by atoms with Crippen molar-refractivity contribution < 1.29 is 18.7 Å². The van der Waals surface area contributed by atoms with Crippen LogP contribution in [0.25, 0.3) is 0 Å². The molecule has 1 fully saturated rings. The number of furan rings is 1. The van der Waals surface area contributed by atoms with Gasteiger partial charge in [0.25, 0.3) is 5.91 Å². The van der Waals surface area contributed by atoms with Gasteiger partial charge in [0.1, 0.15) is 5.75 Å². The van der Waals surface area contributed by atoms with E-state index in [1.165, 1.54) is 6.26 Å². The zero-order chi connectivity index (χ0) is 18.7. The molecule has 6 heteroatoms. The first kappa shape index (κ1) is 18.0. The average Bonchev–Trinajstić information content (AvgIpc) is 3.20. The number of amides is 2. The molecule has 138 valence electrons. The summed E-state index contributed by atoms with van der Waals surface area (Å²) in [7, 11) is 1.65. The lowest BCUT2D eigenvalue weighted by molar-refractivity contribution is -0.131. The normalized spacial score (nSPS) is 14.4. The molecule has 0 spiro atoms. The maximum atomic E-state index is 12.7. The number of carbonyl (C=O) groups excluding carboxylic acids is 2. The van der Waals surface area contributed by atoms with E-state index in [0.717, 1.165) is 22.4 Å². The van der Waals surface area contributed by atoms with Gasteiger partial charge in [0.2, 0.25) is 5.91 Å². The standard InChI is InChI=1S/C20H24N2O4/c1-14-15(2)17(25-3)7-6-16(14)13-19(23)21-8-10-22(11-9-21)20(24)18-5-4-12-26-18/h4-7,12H,8-11,13H2,1-3H3. The lowest BCUT2D eigenvalue weighted by atomic mass is 9.99. The topological polar surface area (TPSA) is 63.0 Å². The maximum Gasteiger partial charge on any atom is 0.289 e. The van der Waals surface area contributed by atoms with Gasteiger partial charge >= 0.3 is 0 Å². The van der Waals surface area contributed by atoms with Crippen LogP contribution < -0.4 is 4.74 Å². The molecule has 2 aromatic rings. The van der Waals surface area contributed by atoms with E-state index >= 15 is 0 Å². The van der Waals surface area contributed by atoms with Gasteiger partial charge < -0.3 is 19.0 Å². The summed E-state index contributed by atoms with van der Waals surface area (Å²) in [6.45, 7) is 6.14. The highest BCUT2D eigenvalue weighted by atomic mass is 16.5. The molecule has 1 saturated heterocycles. The minimum absolute atomic E-state index is 0.0859. The van der Waals surface area contributed by atoms with Crippen LogP contribution in [0.15, 0.2) is 34.9 Å². The van der Waals surface area contributed by atoms with E-state index < -0.39 is 0 Å². The van der Waals surface area contributed by atoms with Crippen molar-refractivity contribution in [1.82, 2.24) is 9.80 Å². The Hall–Kier alpha value is -2.76. The average molecular weight is 356 g/mol. The van der Waals surface area contributed by atoms with Gasteiger partial charge in [0.05, 0.1) is 19.8 Å². The number of benzene rings is 1. The summed E-state index contributed by atoms with van der Waals surface area (Å²) in [5, 5.41) is 0. The van der Waals surface area contributed by atoms with Crippen LogP contribution in [0.1, 0.15) is 27.2 Å². The Bertz CT molecular complexity index is 790. The molecule has 0 bridgehead atoms. The smallest absolute Gasteiger partial charge is 0.289 e. The number of hydrogen-bond acceptors (Lipinski definition) is 4. The third-order valence-electron chi connectivity index (χ3n) is 5.06. The number of ether oxygens (including phenoxy) is 1. The van der Waals surface area contributed by atoms with Crippen LogP contribution in [0.2, 0.25) is 0 Å². The molecule has 3 rings (SSSR count). The van der Waals surface area contributed by atoms with Crippen molar-refractivity contribution in [2.45, 2.75) is 20.3 Å². The molecule has 26 heavy (non-hydrogen) atoms. The van der Waals surface area contributed by atoms with Crippen molar-refractivity contribution in [3.8, 4) is 5.75 Å². The number of hydrogen-bond donors (Lipinski definition) is 0. The van der Waals surface area contributed by atoms with Crippen LogP contribution in [0.4, 0.5) is 0 Å². The van der Waals surface area contributed by atoms with Crippen molar-refractivity contribution in [2.24, 2.45) is 0 Å². The fourth-order valence-electron chi connectivity index (χ4n) is 3.25. The number of rotatable bonds is 4. The molecule has 1 aromatic carbocycles. The summed E-state index contributed by atoms with van der Waals surface area (Å²) in [5.74, 6) is 1.14. The molecule has 0 aliphatic carbocycles. The SMILES string of the molecule is COc1ccc(CC(=O)N2CCN(C(=O)c3ccco3)CC2)c(C)c1C. The largest absolute Gasteiger partial charge is 0.496 e. The van der Waals surface area contributed by atoms with Gasteiger partial charge in [-0.05, 0) is 48.7 Å². The summed E-state index contributed by atoms with van der Waals surface area (Å²) in [4.78, 5) is 28.5. The molecular weight excluding hydrogens is 332 g/mol. The summed E-state index contributed by atoms with van der Waals surface area (Å²) in [6.07, 6.45) is 1.86. The minimum atomic E-state index is -0.122. The maximum absolute atomic E-state index is 12.7. The first-order chi connectivity index (χ1) is 12.5. The van der Waals surface area contributed by atoms with Crippen LogP contribution >= 0.6 is 0 Å². The zero-order valence-electron chi connectivity index (χ0n) is 15.4. The lowest BCUT2D eigenvalue weighted by Crippen LogP contribution is -2.51. The highest BCUT2D eigenvalue weighted by Crippen LogP contribution is 2.24. The quantitative estimate of drug-likeness (QED) is 0.844. The van der Waals surface area contributed by atoms with Crippen molar-refractivity contribution in [1.29, 1.82) is 0 Å². The first-order valence-corrected chi connectivity index (χ1v) is 8.75. The van der Waals surface area contributed by atoms with Gasteiger partial charge in [-0.3, -0.25) is 9.59 Å². The van der Waals surface area contributed by atoms with Crippen molar-refractivity contribution in [2.75, 3.05) is 33.3 Å². The van der Waals surface area contributed by atoms with Crippen LogP contribution in [-0.2, 0) is 11.2 Å². The highest BCUT2D eigenvalue weighted by Gasteiger charge is 2.26. The molecule has 1 aromatic heterocycles. The Morgan fingerprint density at radius 2 is 1.73 bits per heavy atom. The van der Waals surface area contributed by atoms with Crippen LogP contribution in [0.3, 0.4) is 0 Å². The molecule has 0 radical (unpaired) electrons. The van der Waals surface area contributed by atoms with Gasteiger partial charge in [0, 0.05) is 26.2 Å². The number of piperazine rings is 1. The van der Waals surface area contributed by atoms with Gasteiger partial charge in [-0.15, -0.1) is 0 Å². The number of nitrogens with zero attached hydrogens (tertiary/aromatic N) is 2. The third kappa shape index (κ3) is 3.59. The number of carbonyl (C=O) groups is 2. The highest BCUT2D eigenvalue weighted by molar-refractivity contribution is 5.91. The molecular formula is C20H24N2O4. The summed E-state index contributed by atoms with van der Waals surface area (Å²) < 4.78 is 10.5. The number of methoxy groups -OCH3 is 1. The Morgan fingerprint density at radius 3 is 2.35 bits per heavy atom. The zero-order valence-corrected chi connectivity index (χ0v) is 15.4. The van der Waals surface area contributed by atoms with E-state index in [-0.39, 0.29) is 11.8 Å². The predicted octanol–water partition coefficient (Wildman–Crippen LogP) is 2.43. The fourth-order valence-corrected chi connectivity index (χ4v) is 3.25. The second-order valence-corrected chi connectivity index (χ2v) is 6.50. The molecule has 6 nitrogen and oxygen atoms in total. The van der Waals surface area contributed by atoms with Gasteiger partial charge in [-0.1, -0.05) is 6.07 Å². The monoisotopic (exact) mass is 356 g/mol. The van der Waals surface area contributed by atoms with Gasteiger partial charge in [-0.25, -0.2) is 0 Å². The minimum Gasteiger partial charge on any atom is -0.496 e. The summed E-state index contributed by atoms with van der Waals surface area (Å²) in [6, 6.07) is 7.22. The second-order valence-electron chi connectivity index (χ2n) is 6.50. The van der Waals surface area contributed by atoms with Crippen molar-refractivity contribution >= 4 is 11.8 Å². The molecule has 0 unspecified atom stereocenters. The van der Waals surface area contributed by atoms with E-state index in [0.29, 0.717) is 38.4 Å². The van der Waals surface area contributed by atoms with E-state index in [4.69, 9.17) is 9.15 Å². The molecule has 1 aliphatic rings. The van der Waals surface area contributed by atoms with Gasteiger partial charge in [0.15, 0.2) is 5.76 Å². The Kier molecular flexibility index (Phi) is 5.30. The van der Waals surface area contributed by atoms with Gasteiger partial charge in [-0.2, -0.15) is 0 Å². The van der Waals surface area contributed by atoms with E-state index in [9.17, 15) is 9.59 Å². The predicted molar refractivity (Wildman–Crippen MR) is 97.4 cm³/mol. The Labute approximate surface area is 153 Å². The molecule has 2 heterocycles. The fraction of sp³-hybridized carbons (Fsp3) is 0.400. The third-order valence-corrected chi connectivity index (χ3v) is 5.06. The van der Waals surface area contributed by atoms with E-state index in [1.54, 1.807) is 24.1 Å². The van der Waals surface area contributed by atoms with Crippen molar-refractivity contribution in [3.63, 3.8) is 0 Å². The van der Waals surface area contributed by atoms with E-state index in [1.807, 2.05) is 30.9 Å². The molecule has 0 atom stereocenters. The van der Waals surface area contributed by atoms with Crippen LogP contribution in [0, 0.1) is 13.8 Å². The van der Waals surface area contributed by atoms with Crippen molar-refractivity contribution in [3.05, 3.63) is 53.0 Å². The van der Waals surface area contributed by atoms with Crippen LogP contribution in [0.5, 0.6) is 5.75 Å². The lowest BCUT2D eigenvalue weighted by Gasteiger charge is -2.34. The molecule has 0 N–H and O–H groups in total. The summed E-state index contributed by atoms with van der Waals surface area (Å²) >= 11 is 0. The molecule has 2 amide bonds. The second kappa shape index (κ2) is 7.64. The Balaban J connectivity index is 1.59. The van der Waals surface area contributed by atoms with E-state index in [2.05, 4.69) is 0 Å². The first-order valence-electron chi connectivity index (χ1n) is 8.75.